The van der Waals surface area contributed by atoms with Gasteiger partial charge >= 0.3 is 0 Å². The van der Waals surface area contributed by atoms with Crippen LogP contribution in [0.25, 0.3) is 6.08 Å². The molecule has 2 aromatic carbocycles. The molecule has 1 N–H and O–H groups in total. The molecule has 1 amide bonds. The summed E-state index contributed by atoms with van der Waals surface area (Å²) in [5.41, 5.74) is 2.38. The van der Waals surface area contributed by atoms with E-state index in [-0.39, 0.29) is 16.8 Å². The summed E-state index contributed by atoms with van der Waals surface area (Å²) >= 11 is 1.36. The van der Waals surface area contributed by atoms with Gasteiger partial charge in [0.15, 0.2) is 5.84 Å². The lowest BCUT2D eigenvalue weighted by atomic mass is 9.87. The number of thioether (sulfide) groups is 1. The van der Waals surface area contributed by atoms with E-state index in [0.29, 0.717) is 24.1 Å². The van der Waals surface area contributed by atoms with E-state index in [4.69, 9.17) is 14.9 Å². The normalized spacial score (nSPS) is 16.8. The van der Waals surface area contributed by atoms with Crippen LogP contribution in [0.15, 0.2) is 64.2 Å². The van der Waals surface area contributed by atoms with E-state index in [2.05, 4.69) is 49.9 Å². The molecule has 4 rings (SSSR count). The fourth-order valence-corrected chi connectivity index (χ4v) is 4.53. The number of hydrazone groups is 1. The van der Waals surface area contributed by atoms with Crippen molar-refractivity contribution < 1.29 is 14.3 Å². The first-order chi connectivity index (χ1) is 16.7. The van der Waals surface area contributed by atoms with Crippen molar-refractivity contribution in [1.82, 2.24) is 5.01 Å². The number of hydrogen-bond acceptors (Lipinski definition) is 6. The Labute approximate surface area is 210 Å². The SMILES string of the molecule is CCCC1=NN2C(=N)/C(=C\c3ccc(OCCOc4ccc(C(C)(C)C)cc4)cc3)C(=O)N=C2S1. The number of amidine groups is 2. The van der Waals surface area contributed by atoms with Crippen LogP contribution in [0.4, 0.5) is 0 Å². The Morgan fingerprint density at radius 2 is 1.60 bits per heavy atom. The number of carbonyl (C=O) groups is 1. The van der Waals surface area contributed by atoms with Crippen LogP contribution in [0.1, 0.15) is 51.7 Å². The minimum Gasteiger partial charge on any atom is -0.490 e. The molecule has 0 saturated heterocycles. The van der Waals surface area contributed by atoms with E-state index in [9.17, 15) is 4.79 Å². The van der Waals surface area contributed by atoms with Crippen molar-refractivity contribution in [3.63, 3.8) is 0 Å². The summed E-state index contributed by atoms with van der Waals surface area (Å²) in [6.07, 6.45) is 3.41. The van der Waals surface area contributed by atoms with Crippen molar-refractivity contribution in [3.8, 4) is 11.5 Å². The van der Waals surface area contributed by atoms with Crippen molar-refractivity contribution in [2.24, 2.45) is 10.1 Å². The molecule has 182 valence electrons. The monoisotopic (exact) mass is 490 g/mol. The van der Waals surface area contributed by atoms with Gasteiger partial charge in [-0.25, -0.2) is 0 Å². The van der Waals surface area contributed by atoms with Gasteiger partial charge in [-0.3, -0.25) is 10.2 Å². The van der Waals surface area contributed by atoms with Gasteiger partial charge in [-0.2, -0.15) is 15.1 Å². The number of amides is 1. The third kappa shape index (κ3) is 6.00. The molecule has 0 atom stereocenters. The standard InChI is InChI=1S/C27H30N4O3S/c1-5-6-23-30-31-24(28)22(25(32)29-26(31)35-23)17-18-7-11-20(12-8-18)33-15-16-34-21-13-9-19(10-14-21)27(2,3)4/h7-14,17,28H,5-6,15-16H2,1-4H3/b22-17+,28-24?. The maximum absolute atomic E-state index is 12.5. The van der Waals surface area contributed by atoms with Crippen LogP contribution in [0.3, 0.4) is 0 Å². The van der Waals surface area contributed by atoms with E-state index in [0.717, 1.165) is 29.2 Å². The van der Waals surface area contributed by atoms with Crippen LogP contribution in [0.2, 0.25) is 0 Å². The largest absolute Gasteiger partial charge is 0.490 e. The van der Waals surface area contributed by atoms with Crippen LogP contribution >= 0.6 is 11.8 Å². The number of ether oxygens (including phenoxy) is 2. The number of nitrogens with one attached hydrogen (secondary N) is 1. The molecule has 0 spiro atoms. The number of benzene rings is 2. The van der Waals surface area contributed by atoms with E-state index in [1.165, 1.54) is 22.3 Å². The zero-order valence-corrected chi connectivity index (χ0v) is 21.3. The highest BCUT2D eigenvalue weighted by atomic mass is 32.2. The van der Waals surface area contributed by atoms with Crippen molar-refractivity contribution in [2.45, 2.75) is 46.0 Å². The predicted octanol–water partition coefficient (Wildman–Crippen LogP) is 5.86. The fraction of sp³-hybridized carbons (Fsp3) is 0.333. The van der Waals surface area contributed by atoms with Gasteiger partial charge in [0.2, 0.25) is 5.17 Å². The average Bonchev–Trinajstić information content (AvgIpc) is 3.23. The van der Waals surface area contributed by atoms with Gasteiger partial charge in [-0.05, 0) is 71.5 Å². The molecule has 0 fully saturated rings. The topological polar surface area (TPSA) is 87.3 Å². The molecule has 2 aromatic rings. The lowest BCUT2D eigenvalue weighted by Gasteiger charge is -2.20. The summed E-state index contributed by atoms with van der Waals surface area (Å²) < 4.78 is 11.6. The third-order valence-electron chi connectivity index (χ3n) is 5.49. The number of rotatable bonds is 8. The van der Waals surface area contributed by atoms with Crippen molar-refractivity contribution in [2.75, 3.05) is 13.2 Å². The highest BCUT2D eigenvalue weighted by Crippen LogP contribution is 2.30. The first-order valence-electron chi connectivity index (χ1n) is 11.7. The second-order valence-electron chi connectivity index (χ2n) is 9.30. The van der Waals surface area contributed by atoms with Crippen molar-refractivity contribution in [1.29, 1.82) is 5.41 Å². The first-order valence-corrected chi connectivity index (χ1v) is 12.5. The molecule has 0 aliphatic carbocycles. The summed E-state index contributed by atoms with van der Waals surface area (Å²) in [7, 11) is 0. The van der Waals surface area contributed by atoms with Gasteiger partial charge in [-0.1, -0.05) is 52.0 Å². The molecule has 2 aliphatic rings. The number of nitrogens with zero attached hydrogens (tertiary/aromatic N) is 3. The van der Waals surface area contributed by atoms with E-state index >= 15 is 0 Å². The molecule has 2 aliphatic heterocycles. The van der Waals surface area contributed by atoms with Gasteiger partial charge < -0.3 is 9.47 Å². The molecule has 8 heteroatoms. The third-order valence-corrected chi connectivity index (χ3v) is 6.46. The molecule has 0 bridgehead atoms. The Balaban J connectivity index is 1.31. The van der Waals surface area contributed by atoms with Crippen LogP contribution in [-0.4, -0.2) is 40.2 Å². The summed E-state index contributed by atoms with van der Waals surface area (Å²) in [5.74, 6) is 1.15. The van der Waals surface area contributed by atoms with E-state index in [1.807, 2.05) is 36.4 Å². The minimum atomic E-state index is -0.422. The van der Waals surface area contributed by atoms with Crippen molar-refractivity contribution >= 4 is 39.8 Å². The predicted molar refractivity (Wildman–Crippen MR) is 142 cm³/mol. The summed E-state index contributed by atoms with van der Waals surface area (Å²) in [6, 6.07) is 15.5. The van der Waals surface area contributed by atoms with Crippen LogP contribution < -0.4 is 9.47 Å². The zero-order chi connectivity index (χ0) is 25.0. The fourth-order valence-electron chi connectivity index (χ4n) is 3.54. The lowest BCUT2D eigenvalue weighted by Crippen LogP contribution is -2.35. The molecule has 0 unspecified atom stereocenters. The molecule has 0 radical (unpaired) electrons. The Bertz CT molecular complexity index is 1190. The molecule has 0 saturated carbocycles. The Morgan fingerprint density at radius 3 is 2.17 bits per heavy atom. The highest BCUT2D eigenvalue weighted by molar-refractivity contribution is 8.26. The number of hydrogen-bond donors (Lipinski definition) is 1. The van der Waals surface area contributed by atoms with Crippen LogP contribution in [-0.2, 0) is 10.2 Å². The quantitative estimate of drug-likeness (QED) is 0.370. The Morgan fingerprint density at radius 1 is 1.00 bits per heavy atom. The summed E-state index contributed by atoms with van der Waals surface area (Å²) in [4.78, 5) is 16.6. The number of aliphatic imine (C=N–C) groups is 1. The maximum Gasteiger partial charge on any atom is 0.283 e. The van der Waals surface area contributed by atoms with Gasteiger partial charge in [-0.15, -0.1) is 0 Å². The second kappa shape index (κ2) is 10.5. The molecule has 2 heterocycles. The zero-order valence-electron chi connectivity index (χ0n) is 20.5. The summed E-state index contributed by atoms with van der Waals surface area (Å²) in [5, 5.41) is 15.6. The van der Waals surface area contributed by atoms with Crippen LogP contribution in [0, 0.1) is 5.41 Å². The molecule has 7 nitrogen and oxygen atoms in total. The molecular weight excluding hydrogens is 460 g/mol. The number of fused-ring (bicyclic) bond motifs is 1. The minimum absolute atomic E-state index is 0.0478. The lowest BCUT2D eigenvalue weighted by molar-refractivity contribution is -0.114. The van der Waals surface area contributed by atoms with Gasteiger partial charge in [0.1, 0.15) is 29.8 Å². The maximum atomic E-state index is 12.5. The molecule has 35 heavy (non-hydrogen) atoms. The Kier molecular flexibility index (Phi) is 7.40. The first kappa shape index (κ1) is 24.7. The van der Waals surface area contributed by atoms with Gasteiger partial charge in [0.25, 0.3) is 5.91 Å². The van der Waals surface area contributed by atoms with Gasteiger partial charge in [0.05, 0.1) is 5.57 Å². The molecular formula is C27H30N4O3S. The smallest absolute Gasteiger partial charge is 0.283 e. The summed E-state index contributed by atoms with van der Waals surface area (Å²) in [6.45, 7) is 9.46. The van der Waals surface area contributed by atoms with E-state index < -0.39 is 5.91 Å². The van der Waals surface area contributed by atoms with E-state index in [1.54, 1.807) is 6.08 Å². The van der Waals surface area contributed by atoms with Gasteiger partial charge in [0, 0.05) is 0 Å². The van der Waals surface area contributed by atoms with Crippen LogP contribution in [0.5, 0.6) is 11.5 Å². The number of carbonyl (C=O) groups excluding carboxylic acids is 1. The average molecular weight is 491 g/mol. The second-order valence-corrected chi connectivity index (χ2v) is 10.3. The molecule has 0 aromatic heterocycles. The van der Waals surface area contributed by atoms with Crippen molar-refractivity contribution in [3.05, 3.63) is 65.2 Å². The highest BCUT2D eigenvalue weighted by Gasteiger charge is 2.35. The Hall–Kier alpha value is -3.39.